The van der Waals surface area contributed by atoms with Gasteiger partial charge in [0, 0.05) is 6.54 Å². The summed E-state index contributed by atoms with van der Waals surface area (Å²) >= 11 is 0. The zero-order valence-corrected chi connectivity index (χ0v) is 13.2. The van der Waals surface area contributed by atoms with Crippen LogP contribution in [0.5, 0.6) is 0 Å². The number of hydrogen-bond donors (Lipinski definition) is 0. The molecule has 4 heteroatoms. The van der Waals surface area contributed by atoms with Crippen molar-refractivity contribution in [2.45, 2.75) is 78.1 Å². The van der Waals surface area contributed by atoms with E-state index in [-0.39, 0.29) is 0 Å². The van der Waals surface area contributed by atoms with Crippen LogP contribution in [0.15, 0.2) is 0 Å². The summed E-state index contributed by atoms with van der Waals surface area (Å²) in [4.78, 5) is 23.2. The molecule has 0 aromatic heterocycles. The third kappa shape index (κ3) is 10.8. The first-order valence-electron chi connectivity index (χ1n) is 8.14. The zero-order chi connectivity index (χ0) is 15.1. The van der Waals surface area contributed by atoms with Crippen LogP contribution in [-0.4, -0.2) is 30.6 Å². The van der Waals surface area contributed by atoms with Crippen molar-refractivity contribution in [1.82, 2.24) is 4.90 Å². The molecule has 0 saturated heterocycles. The van der Waals surface area contributed by atoms with Crippen LogP contribution in [0.25, 0.3) is 0 Å². The van der Waals surface area contributed by atoms with E-state index in [2.05, 4.69) is 6.92 Å². The van der Waals surface area contributed by atoms with Gasteiger partial charge in [0.1, 0.15) is 0 Å². The van der Waals surface area contributed by atoms with E-state index in [0.717, 1.165) is 17.7 Å². The second kappa shape index (κ2) is 14.4. The van der Waals surface area contributed by atoms with Crippen LogP contribution in [0.1, 0.15) is 78.1 Å². The molecular formula is C16H31NO3. The number of imide groups is 1. The summed E-state index contributed by atoms with van der Waals surface area (Å²) in [5.74, 6) is 0. The Hall–Kier alpha value is -1.06. The van der Waals surface area contributed by atoms with Gasteiger partial charge in [-0.15, -0.1) is 0 Å². The average molecular weight is 285 g/mol. The largest absolute Gasteiger partial charge is 0.449 e. The van der Waals surface area contributed by atoms with E-state index in [1.54, 1.807) is 6.92 Å². The molecule has 0 aromatic rings. The highest BCUT2D eigenvalue weighted by Crippen LogP contribution is 2.10. The van der Waals surface area contributed by atoms with Crippen LogP contribution in [0.2, 0.25) is 0 Å². The lowest BCUT2D eigenvalue weighted by molar-refractivity contribution is -0.116. The fraction of sp³-hybridized carbons (Fsp3) is 0.875. The number of carbonyl (C=O) groups is 2. The van der Waals surface area contributed by atoms with Crippen LogP contribution in [-0.2, 0) is 9.53 Å². The van der Waals surface area contributed by atoms with Crippen molar-refractivity contribution in [3.63, 3.8) is 0 Å². The topological polar surface area (TPSA) is 46.6 Å². The van der Waals surface area contributed by atoms with Crippen molar-refractivity contribution in [2.24, 2.45) is 0 Å². The Morgan fingerprint density at radius 3 is 1.85 bits per heavy atom. The molecule has 118 valence electrons. The summed E-state index contributed by atoms with van der Waals surface area (Å²) in [6.45, 7) is 4.75. The zero-order valence-electron chi connectivity index (χ0n) is 13.2. The van der Waals surface area contributed by atoms with Crippen molar-refractivity contribution >= 4 is 12.5 Å². The summed E-state index contributed by atoms with van der Waals surface area (Å²) in [5.41, 5.74) is 0. The highest BCUT2D eigenvalue weighted by molar-refractivity contribution is 5.80. The van der Waals surface area contributed by atoms with Crippen molar-refractivity contribution in [3.8, 4) is 0 Å². The Morgan fingerprint density at radius 2 is 1.40 bits per heavy atom. The van der Waals surface area contributed by atoms with Crippen LogP contribution < -0.4 is 0 Å². The van der Waals surface area contributed by atoms with Gasteiger partial charge < -0.3 is 4.74 Å². The maximum atomic E-state index is 11.3. The summed E-state index contributed by atoms with van der Waals surface area (Å²) < 4.78 is 4.79. The van der Waals surface area contributed by atoms with Crippen molar-refractivity contribution in [1.29, 1.82) is 0 Å². The van der Waals surface area contributed by atoms with Crippen LogP contribution in [0.3, 0.4) is 0 Å². The molecule has 4 nitrogen and oxygen atoms in total. The lowest BCUT2D eigenvalue weighted by atomic mass is 10.1. The maximum Gasteiger partial charge on any atom is 0.416 e. The van der Waals surface area contributed by atoms with Crippen LogP contribution in [0, 0.1) is 0 Å². The lowest BCUT2D eigenvalue weighted by Gasteiger charge is -2.14. The normalized spacial score (nSPS) is 10.3. The van der Waals surface area contributed by atoms with Gasteiger partial charge >= 0.3 is 6.09 Å². The predicted molar refractivity (Wildman–Crippen MR) is 81.6 cm³/mol. The first kappa shape index (κ1) is 18.9. The SMILES string of the molecule is CCCCCCCCCCCCN(C=O)C(=O)OCC. The summed E-state index contributed by atoms with van der Waals surface area (Å²) in [6.07, 6.45) is 12.4. The molecule has 0 aliphatic rings. The minimum atomic E-state index is -0.529. The second-order valence-electron chi connectivity index (χ2n) is 5.18. The van der Waals surface area contributed by atoms with Gasteiger partial charge in [0.15, 0.2) is 0 Å². The molecule has 0 spiro atoms. The van der Waals surface area contributed by atoms with Crippen LogP contribution >= 0.6 is 0 Å². The summed E-state index contributed by atoms with van der Waals surface area (Å²) in [6, 6.07) is 0. The standard InChI is InChI=1S/C16H31NO3/c1-3-5-6-7-8-9-10-11-12-13-14-17(15-18)16(19)20-4-2/h15H,3-14H2,1-2H3. The fourth-order valence-electron chi connectivity index (χ4n) is 2.16. The van der Waals surface area contributed by atoms with Gasteiger partial charge in [0.25, 0.3) is 0 Å². The highest BCUT2D eigenvalue weighted by Gasteiger charge is 2.12. The molecule has 0 heterocycles. The van der Waals surface area contributed by atoms with E-state index in [0.29, 0.717) is 19.6 Å². The second-order valence-corrected chi connectivity index (χ2v) is 5.18. The minimum Gasteiger partial charge on any atom is -0.449 e. The molecule has 0 radical (unpaired) electrons. The van der Waals surface area contributed by atoms with Crippen molar-refractivity contribution < 1.29 is 14.3 Å². The predicted octanol–water partition coefficient (Wildman–Crippen LogP) is 4.52. The van der Waals surface area contributed by atoms with Crippen molar-refractivity contribution in [2.75, 3.05) is 13.2 Å². The molecule has 0 rings (SSSR count). The molecule has 0 atom stereocenters. The summed E-state index contributed by atoms with van der Waals surface area (Å²) in [5, 5.41) is 0. The monoisotopic (exact) mass is 285 g/mol. The third-order valence-corrected chi connectivity index (χ3v) is 3.38. The first-order chi connectivity index (χ1) is 9.76. The quantitative estimate of drug-likeness (QED) is 0.369. The molecule has 0 N–H and O–H groups in total. The fourth-order valence-corrected chi connectivity index (χ4v) is 2.16. The molecule has 0 fully saturated rings. The van der Waals surface area contributed by atoms with Gasteiger partial charge in [-0.25, -0.2) is 4.79 Å². The van der Waals surface area contributed by atoms with Gasteiger partial charge in [-0.2, -0.15) is 0 Å². The van der Waals surface area contributed by atoms with Gasteiger partial charge in [0.2, 0.25) is 6.41 Å². The van der Waals surface area contributed by atoms with E-state index in [1.807, 2.05) is 0 Å². The molecule has 0 aromatic carbocycles. The summed E-state index contributed by atoms with van der Waals surface area (Å²) in [7, 11) is 0. The highest BCUT2D eigenvalue weighted by atomic mass is 16.6. The van der Waals surface area contributed by atoms with E-state index in [4.69, 9.17) is 4.74 Å². The van der Waals surface area contributed by atoms with Gasteiger partial charge in [-0.3, -0.25) is 9.69 Å². The molecule has 0 saturated carbocycles. The average Bonchev–Trinajstić information content (AvgIpc) is 2.45. The first-order valence-corrected chi connectivity index (χ1v) is 8.14. The number of carbonyl (C=O) groups excluding carboxylic acids is 2. The van der Waals surface area contributed by atoms with E-state index in [9.17, 15) is 9.59 Å². The number of ether oxygens (including phenoxy) is 1. The number of unbranched alkanes of at least 4 members (excludes halogenated alkanes) is 9. The van der Waals surface area contributed by atoms with E-state index >= 15 is 0 Å². The maximum absolute atomic E-state index is 11.3. The Labute approximate surface area is 123 Å². The molecule has 0 bridgehead atoms. The third-order valence-electron chi connectivity index (χ3n) is 3.38. The molecular weight excluding hydrogens is 254 g/mol. The molecule has 0 unspecified atom stereocenters. The van der Waals surface area contributed by atoms with Crippen LogP contribution in [0.4, 0.5) is 4.79 Å². The Bertz CT molecular complexity index is 244. The molecule has 2 amide bonds. The van der Waals surface area contributed by atoms with E-state index in [1.165, 1.54) is 51.4 Å². The minimum absolute atomic E-state index is 0.307. The molecule has 0 aliphatic carbocycles. The number of rotatable bonds is 13. The Kier molecular flexibility index (Phi) is 13.6. The Morgan fingerprint density at radius 1 is 0.900 bits per heavy atom. The van der Waals surface area contributed by atoms with Crippen molar-refractivity contribution in [3.05, 3.63) is 0 Å². The van der Waals surface area contributed by atoms with E-state index < -0.39 is 6.09 Å². The number of nitrogens with zero attached hydrogens (tertiary/aromatic N) is 1. The van der Waals surface area contributed by atoms with Gasteiger partial charge in [-0.05, 0) is 13.3 Å². The van der Waals surface area contributed by atoms with Gasteiger partial charge in [0.05, 0.1) is 6.61 Å². The molecule has 20 heavy (non-hydrogen) atoms. The Balaban J connectivity index is 3.37. The van der Waals surface area contributed by atoms with Gasteiger partial charge in [-0.1, -0.05) is 64.7 Å². The number of hydrogen-bond acceptors (Lipinski definition) is 3. The lowest BCUT2D eigenvalue weighted by Crippen LogP contribution is -2.31. The smallest absolute Gasteiger partial charge is 0.416 e. The number of amides is 2. The molecule has 0 aliphatic heterocycles.